The lowest BCUT2D eigenvalue weighted by atomic mass is 10.2. The van der Waals surface area contributed by atoms with Gasteiger partial charge in [0, 0.05) is 31.9 Å². The molecular weight excluding hydrogens is 214 g/mol. The van der Waals surface area contributed by atoms with Crippen LogP contribution in [-0.2, 0) is 17.8 Å². The molecule has 94 valence electrons. The van der Waals surface area contributed by atoms with Crippen LogP contribution in [-0.4, -0.2) is 28.3 Å². The molecule has 0 radical (unpaired) electrons. The number of hydrogen-bond donors (Lipinski definition) is 1. The van der Waals surface area contributed by atoms with Crippen LogP contribution in [0.15, 0.2) is 12.5 Å². The number of aryl methyl sites for hydroxylation is 1. The standard InChI is InChI=1S/C13H21N3O/c1-2-13(17-7-1)5-6-16-10-14-8-12(16)9-15-11-3-4-11/h8,10-11,13,15H,1-7,9H2. The molecule has 0 bridgehead atoms. The second-order valence-corrected chi connectivity index (χ2v) is 5.16. The Morgan fingerprint density at radius 2 is 2.35 bits per heavy atom. The number of aromatic nitrogens is 2. The van der Waals surface area contributed by atoms with E-state index in [-0.39, 0.29) is 0 Å². The topological polar surface area (TPSA) is 39.1 Å². The van der Waals surface area contributed by atoms with E-state index in [1.807, 2.05) is 12.5 Å². The highest BCUT2D eigenvalue weighted by atomic mass is 16.5. The minimum Gasteiger partial charge on any atom is -0.378 e. The fourth-order valence-electron chi connectivity index (χ4n) is 2.39. The van der Waals surface area contributed by atoms with Crippen LogP contribution in [0.25, 0.3) is 0 Å². The Morgan fingerprint density at radius 1 is 1.41 bits per heavy atom. The van der Waals surface area contributed by atoms with E-state index in [0.717, 1.165) is 32.2 Å². The maximum absolute atomic E-state index is 5.65. The Bertz CT molecular complexity index is 353. The van der Waals surface area contributed by atoms with Crippen molar-refractivity contribution < 1.29 is 4.74 Å². The Balaban J connectivity index is 1.48. The fourth-order valence-corrected chi connectivity index (χ4v) is 2.39. The van der Waals surface area contributed by atoms with Gasteiger partial charge in [0.25, 0.3) is 0 Å². The van der Waals surface area contributed by atoms with Crippen molar-refractivity contribution in [3.8, 4) is 0 Å². The van der Waals surface area contributed by atoms with Crippen molar-refractivity contribution in [1.82, 2.24) is 14.9 Å². The predicted molar refractivity (Wildman–Crippen MR) is 65.7 cm³/mol. The van der Waals surface area contributed by atoms with E-state index in [1.54, 1.807) is 0 Å². The third-order valence-corrected chi connectivity index (χ3v) is 3.66. The first kappa shape index (κ1) is 11.2. The second-order valence-electron chi connectivity index (χ2n) is 5.16. The minimum absolute atomic E-state index is 0.474. The average Bonchev–Trinajstić information content (AvgIpc) is 2.86. The summed E-state index contributed by atoms with van der Waals surface area (Å²) in [6, 6.07) is 0.761. The summed E-state index contributed by atoms with van der Waals surface area (Å²) in [6.07, 6.45) is 10.6. The van der Waals surface area contributed by atoms with Gasteiger partial charge in [0.1, 0.15) is 0 Å². The van der Waals surface area contributed by atoms with Crippen LogP contribution in [0.5, 0.6) is 0 Å². The van der Waals surface area contributed by atoms with Crippen LogP contribution in [0, 0.1) is 0 Å². The molecule has 3 rings (SSSR count). The van der Waals surface area contributed by atoms with Crippen molar-refractivity contribution >= 4 is 0 Å². The summed E-state index contributed by atoms with van der Waals surface area (Å²) in [5.74, 6) is 0. The Hall–Kier alpha value is -0.870. The van der Waals surface area contributed by atoms with Gasteiger partial charge in [0.15, 0.2) is 0 Å². The Kier molecular flexibility index (Phi) is 3.43. The molecule has 1 aromatic rings. The molecule has 1 aromatic heterocycles. The molecular formula is C13H21N3O. The number of nitrogens with one attached hydrogen (secondary N) is 1. The second kappa shape index (κ2) is 5.19. The first-order valence-electron chi connectivity index (χ1n) is 6.76. The average molecular weight is 235 g/mol. The van der Waals surface area contributed by atoms with Crippen LogP contribution in [0.2, 0.25) is 0 Å². The lowest BCUT2D eigenvalue weighted by Crippen LogP contribution is -2.19. The summed E-state index contributed by atoms with van der Waals surface area (Å²) in [4.78, 5) is 4.25. The van der Waals surface area contributed by atoms with Gasteiger partial charge in [-0.15, -0.1) is 0 Å². The van der Waals surface area contributed by atoms with E-state index >= 15 is 0 Å². The Morgan fingerprint density at radius 3 is 3.12 bits per heavy atom. The zero-order valence-corrected chi connectivity index (χ0v) is 10.3. The summed E-state index contributed by atoms with van der Waals surface area (Å²) in [5.41, 5.74) is 1.30. The maximum atomic E-state index is 5.65. The van der Waals surface area contributed by atoms with Gasteiger partial charge in [0.2, 0.25) is 0 Å². The van der Waals surface area contributed by atoms with Gasteiger partial charge in [0.05, 0.1) is 18.1 Å². The van der Waals surface area contributed by atoms with Crippen molar-refractivity contribution in [2.45, 2.75) is 57.3 Å². The van der Waals surface area contributed by atoms with Crippen molar-refractivity contribution in [2.75, 3.05) is 6.61 Å². The van der Waals surface area contributed by atoms with Crippen molar-refractivity contribution in [3.05, 3.63) is 18.2 Å². The molecule has 0 spiro atoms. The number of ether oxygens (including phenoxy) is 1. The fraction of sp³-hybridized carbons (Fsp3) is 0.769. The summed E-state index contributed by atoms with van der Waals surface area (Å²) in [7, 11) is 0. The molecule has 1 saturated carbocycles. The molecule has 1 aliphatic carbocycles. The van der Waals surface area contributed by atoms with Gasteiger partial charge < -0.3 is 14.6 Å². The predicted octanol–water partition coefficient (Wildman–Crippen LogP) is 1.70. The molecule has 2 fully saturated rings. The Labute approximate surface area is 102 Å². The van der Waals surface area contributed by atoms with E-state index in [0.29, 0.717) is 6.10 Å². The summed E-state index contributed by atoms with van der Waals surface area (Å²) in [6.45, 7) is 2.94. The van der Waals surface area contributed by atoms with E-state index in [1.165, 1.54) is 31.4 Å². The van der Waals surface area contributed by atoms with Crippen LogP contribution >= 0.6 is 0 Å². The van der Waals surface area contributed by atoms with Gasteiger partial charge in [-0.1, -0.05) is 0 Å². The highest BCUT2D eigenvalue weighted by Crippen LogP contribution is 2.20. The molecule has 17 heavy (non-hydrogen) atoms. The van der Waals surface area contributed by atoms with E-state index in [9.17, 15) is 0 Å². The molecule has 4 nitrogen and oxygen atoms in total. The lowest BCUT2D eigenvalue weighted by Gasteiger charge is -2.12. The van der Waals surface area contributed by atoms with Crippen LogP contribution in [0.4, 0.5) is 0 Å². The third-order valence-electron chi connectivity index (χ3n) is 3.66. The van der Waals surface area contributed by atoms with Gasteiger partial charge in [-0.3, -0.25) is 0 Å². The van der Waals surface area contributed by atoms with E-state index < -0.39 is 0 Å². The molecule has 4 heteroatoms. The molecule has 1 atom stereocenters. The quantitative estimate of drug-likeness (QED) is 0.815. The SMILES string of the molecule is c1ncn(CCC2CCCO2)c1CNC1CC1. The zero-order valence-electron chi connectivity index (χ0n) is 10.3. The number of nitrogens with zero attached hydrogens (tertiary/aromatic N) is 2. The van der Waals surface area contributed by atoms with E-state index in [4.69, 9.17) is 4.74 Å². The highest BCUT2D eigenvalue weighted by Gasteiger charge is 2.21. The minimum atomic E-state index is 0.474. The van der Waals surface area contributed by atoms with Gasteiger partial charge in [-0.2, -0.15) is 0 Å². The molecule has 2 aliphatic rings. The van der Waals surface area contributed by atoms with E-state index in [2.05, 4.69) is 14.9 Å². The smallest absolute Gasteiger partial charge is 0.0948 e. The first-order valence-corrected chi connectivity index (χ1v) is 6.76. The van der Waals surface area contributed by atoms with Crippen molar-refractivity contribution in [1.29, 1.82) is 0 Å². The number of rotatable bonds is 6. The third kappa shape index (κ3) is 3.07. The summed E-state index contributed by atoms with van der Waals surface area (Å²) >= 11 is 0. The van der Waals surface area contributed by atoms with Crippen LogP contribution < -0.4 is 5.32 Å². The lowest BCUT2D eigenvalue weighted by molar-refractivity contribution is 0.100. The molecule has 0 amide bonds. The monoisotopic (exact) mass is 235 g/mol. The molecule has 0 aromatic carbocycles. The molecule has 1 unspecified atom stereocenters. The molecule has 1 N–H and O–H groups in total. The number of imidazole rings is 1. The van der Waals surface area contributed by atoms with Gasteiger partial charge in [-0.05, 0) is 32.1 Å². The van der Waals surface area contributed by atoms with Crippen molar-refractivity contribution in [3.63, 3.8) is 0 Å². The summed E-state index contributed by atoms with van der Waals surface area (Å²) < 4.78 is 7.91. The highest BCUT2D eigenvalue weighted by molar-refractivity contribution is 4.99. The normalized spacial score (nSPS) is 24.4. The molecule has 1 aliphatic heterocycles. The molecule has 1 saturated heterocycles. The maximum Gasteiger partial charge on any atom is 0.0948 e. The van der Waals surface area contributed by atoms with Gasteiger partial charge in [-0.25, -0.2) is 4.98 Å². The largest absolute Gasteiger partial charge is 0.378 e. The molecule has 2 heterocycles. The zero-order chi connectivity index (χ0) is 11.5. The van der Waals surface area contributed by atoms with Crippen LogP contribution in [0.1, 0.15) is 37.8 Å². The van der Waals surface area contributed by atoms with Gasteiger partial charge >= 0.3 is 0 Å². The summed E-state index contributed by atoms with van der Waals surface area (Å²) in [5, 5.41) is 3.54. The number of hydrogen-bond acceptors (Lipinski definition) is 3. The first-order chi connectivity index (χ1) is 8.42. The van der Waals surface area contributed by atoms with Crippen molar-refractivity contribution in [2.24, 2.45) is 0 Å². The van der Waals surface area contributed by atoms with Crippen LogP contribution in [0.3, 0.4) is 0 Å².